The molecule has 0 spiro atoms. The van der Waals surface area contributed by atoms with Crippen LogP contribution < -0.4 is 9.47 Å². The third-order valence-electron chi connectivity index (χ3n) is 4.30. The summed E-state index contributed by atoms with van der Waals surface area (Å²) in [5.74, 6) is -0.257. The number of benzene rings is 1. The summed E-state index contributed by atoms with van der Waals surface area (Å²) in [6.45, 7) is 4.61. The van der Waals surface area contributed by atoms with E-state index in [0.717, 1.165) is 5.56 Å². The van der Waals surface area contributed by atoms with E-state index in [-0.39, 0.29) is 18.4 Å². The lowest BCUT2D eigenvalue weighted by Gasteiger charge is -2.34. The molecule has 2 rings (SSSR count). The Kier molecular flexibility index (Phi) is 5.13. The molecule has 2 atom stereocenters. The van der Waals surface area contributed by atoms with Crippen LogP contribution in [0.25, 0.3) is 0 Å². The molecular weight excluding hydrogens is 298 g/mol. The van der Waals surface area contributed by atoms with Crippen LogP contribution in [0.4, 0.5) is 0 Å². The van der Waals surface area contributed by atoms with Gasteiger partial charge in [0.2, 0.25) is 0 Å². The Morgan fingerprint density at radius 1 is 1.17 bits per heavy atom. The lowest BCUT2D eigenvalue weighted by molar-refractivity contribution is -0.143. The topological polar surface area (TPSA) is 76.1 Å². The second-order valence-corrected chi connectivity index (χ2v) is 6.09. The molecule has 1 aromatic rings. The molecule has 1 amide bonds. The average Bonchev–Trinajstić information content (AvgIpc) is 2.53. The molecule has 0 radical (unpaired) electrons. The van der Waals surface area contributed by atoms with Crippen molar-refractivity contribution in [1.82, 2.24) is 4.90 Å². The molecule has 1 heterocycles. The van der Waals surface area contributed by atoms with E-state index in [1.165, 1.54) is 0 Å². The fourth-order valence-corrected chi connectivity index (χ4v) is 3.09. The predicted molar refractivity (Wildman–Crippen MR) is 85.1 cm³/mol. The summed E-state index contributed by atoms with van der Waals surface area (Å²) < 4.78 is 10.6. The van der Waals surface area contributed by atoms with Crippen LogP contribution in [0.2, 0.25) is 0 Å². The summed E-state index contributed by atoms with van der Waals surface area (Å²) in [4.78, 5) is 25.7. The number of ether oxygens (including phenoxy) is 2. The number of carboxylic acid groups (broad SMARTS) is 1. The Labute approximate surface area is 136 Å². The molecule has 23 heavy (non-hydrogen) atoms. The van der Waals surface area contributed by atoms with Crippen LogP contribution in [0.5, 0.6) is 11.5 Å². The van der Waals surface area contributed by atoms with Gasteiger partial charge in [0.1, 0.15) is 11.5 Å². The smallest absolute Gasteiger partial charge is 0.308 e. The van der Waals surface area contributed by atoms with E-state index in [1.54, 1.807) is 31.3 Å². The molecule has 6 nitrogen and oxygen atoms in total. The average molecular weight is 321 g/mol. The van der Waals surface area contributed by atoms with Crippen LogP contribution in [-0.2, 0) is 4.79 Å². The molecule has 1 fully saturated rings. The first kappa shape index (κ1) is 17.1. The second kappa shape index (κ2) is 6.89. The fourth-order valence-electron chi connectivity index (χ4n) is 3.09. The highest BCUT2D eigenvalue weighted by molar-refractivity contribution is 5.95. The molecule has 0 aromatic heterocycles. The maximum atomic E-state index is 12.8. The van der Waals surface area contributed by atoms with Gasteiger partial charge in [0, 0.05) is 24.2 Å². The number of likely N-dealkylation sites (tertiary alicyclic amines) is 1. The van der Waals surface area contributed by atoms with Crippen molar-refractivity contribution >= 4 is 11.9 Å². The summed E-state index contributed by atoms with van der Waals surface area (Å²) in [5.41, 5.74) is 1.27. The Hall–Kier alpha value is -2.24. The molecule has 1 aliphatic heterocycles. The van der Waals surface area contributed by atoms with Gasteiger partial charge in [-0.15, -0.1) is 0 Å². The Bertz CT molecular complexity index is 588. The highest BCUT2D eigenvalue weighted by Crippen LogP contribution is 2.31. The summed E-state index contributed by atoms with van der Waals surface area (Å²) in [7, 11) is 3.08. The number of hydrogen-bond donors (Lipinski definition) is 1. The van der Waals surface area contributed by atoms with Gasteiger partial charge in [0.15, 0.2) is 0 Å². The van der Waals surface area contributed by atoms with Gasteiger partial charge in [-0.05, 0) is 31.4 Å². The minimum atomic E-state index is -0.853. The molecule has 6 heteroatoms. The zero-order chi connectivity index (χ0) is 17.1. The summed E-state index contributed by atoms with van der Waals surface area (Å²) in [5, 5.41) is 9.25. The van der Waals surface area contributed by atoms with Crippen molar-refractivity contribution < 1.29 is 24.2 Å². The van der Waals surface area contributed by atoms with Gasteiger partial charge in [-0.1, -0.05) is 6.92 Å². The highest BCUT2D eigenvalue weighted by atomic mass is 16.5. The summed E-state index contributed by atoms with van der Waals surface area (Å²) in [6.07, 6.45) is 0.597. The standard InChI is InChI=1S/C17H23NO5/c1-10-5-13(17(20)21)9-18(8-10)16(19)12-6-14(22-3)11(2)15(7-12)23-4/h6-7,10,13H,5,8-9H2,1-4H3,(H,20,21). The van der Waals surface area contributed by atoms with Gasteiger partial charge in [-0.2, -0.15) is 0 Å². The maximum Gasteiger partial charge on any atom is 0.308 e. The first-order valence-electron chi connectivity index (χ1n) is 7.62. The van der Waals surface area contributed by atoms with Crippen molar-refractivity contribution in [3.8, 4) is 11.5 Å². The molecule has 1 N–H and O–H groups in total. The van der Waals surface area contributed by atoms with Gasteiger partial charge in [-0.3, -0.25) is 9.59 Å². The van der Waals surface area contributed by atoms with Gasteiger partial charge >= 0.3 is 5.97 Å². The molecule has 1 aliphatic rings. The van der Waals surface area contributed by atoms with Gasteiger partial charge < -0.3 is 19.5 Å². The largest absolute Gasteiger partial charge is 0.496 e. The number of amides is 1. The van der Waals surface area contributed by atoms with Crippen molar-refractivity contribution in [3.05, 3.63) is 23.3 Å². The van der Waals surface area contributed by atoms with Crippen molar-refractivity contribution in [2.45, 2.75) is 20.3 Å². The minimum absolute atomic E-state index is 0.156. The van der Waals surface area contributed by atoms with E-state index in [9.17, 15) is 14.7 Å². The summed E-state index contributed by atoms with van der Waals surface area (Å²) >= 11 is 0. The van der Waals surface area contributed by atoms with Gasteiger partial charge in [-0.25, -0.2) is 0 Å². The third-order valence-corrected chi connectivity index (χ3v) is 4.30. The van der Waals surface area contributed by atoms with Crippen molar-refractivity contribution in [2.75, 3.05) is 27.3 Å². The van der Waals surface area contributed by atoms with Crippen LogP contribution in [0.3, 0.4) is 0 Å². The Morgan fingerprint density at radius 3 is 2.22 bits per heavy atom. The maximum absolute atomic E-state index is 12.8. The lowest BCUT2D eigenvalue weighted by atomic mass is 9.90. The first-order chi connectivity index (χ1) is 10.9. The van der Waals surface area contributed by atoms with E-state index in [0.29, 0.717) is 30.0 Å². The molecule has 0 bridgehead atoms. The van der Waals surface area contributed by atoms with Crippen LogP contribution in [0.1, 0.15) is 29.3 Å². The number of rotatable bonds is 4. The molecule has 126 valence electrons. The van der Waals surface area contributed by atoms with E-state index in [1.807, 2.05) is 13.8 Å². The molecule has 0 aliphatic carbocycles. The fraction of sp³-hybridized carbons (Fsp3) is 0.529. The zero-order valence-corrected chi connectivity index (χ0v) is 14.0. The number of carbonyl (C=O) groups excluding carboxylic acids is 1. The second-order valence-electron chi connectivity index (χ2n) is 6.09. The van der Waals surface area contributed by atoms with Crippen LogP contribution in [0.15, 0.2) is 12.1 Å². The molecule has 2 unspecified atom stereocenters. The van der Waals surface area contributed by atoms with Gasteiger partial charge in [0.05, 0.1) is 20.1 Å². The number of carboxylic acids is 1. The van der Waals surface area contributed by atoms with E-state index in [2.05, 4.69) is 0 Å². The molecular formula is C17H23NO5. The van der Waals surface area contributed by atoms with Crippen LogP contribution in [0, 0.1) is 18.8 Å². The predicted octanol–water partition coefficient (Wildman–Crippen LogP) is 2.20. The molecule has 1 aromatic carbocycles. The number of piperidine rings is 1. The first-order valence-corrected chi connectivity index (χ1v) is 7.62. The minimum Gasteiger partial charge on any atom is -0.496 e. The SMILES string of the molecule is COc1cc(C(=O)N2CC(C)CC(C(=O)O)C2)cc(OC)c1C. The highest BCUT2D eigenvalue weighted by Gasteiger charge is 2.32. The van der Waals surface area contributed by atoms with Crippen LogP contribution in [-0.4, -0.2) is 49.2 Å². The number of nitrogens with zero attached hydrogens (tertiary/aromatic N) is 1. The van der Waals surface area contributed by atoms with Crippen LogP contribution >= 0.6 is 0 Å². The lowest BCUT2D eigenvalue weighted by Crippen LogP contribution is -2.45. The number of aliphatic carboxylic acids is 1. The molecule has 1 saturated heterocycles. The number of methoxy groups -OCH3 is 2. The monoisotopic (exact) mass is 321 g/mol. The number of hydrogen-bond acceptors (Lipinski definition) is 4. The van der Waals surface area contributed by atoms with E-state index >= 15 is 0 Å². The van der Waals surface area contributed by atoms with Crippen molar-refractivity contribution in [2.24, 2.45) is 11.8 Å². The quantitative estimate of drug-likeness (QED) is 0.920. The van der Waals surface area contributed by atoms with E-state index in [4.69, 9.17) is 9.47 Å². The Balaban J connectivity index is 2.30. The van der Waals surface area contributed by atoms with E-state index < -0.39 is 11.9 Å². The van der Waals surface area contributed by atoms with Crippen molar-refractivity contribution in [1.29, 1.82) is 0 Å². The zero-order valence-electron chi connectivity index (χ0n) is 14.0. The summed E-state index contributed by atoms with van der Waals surface area (Å²) in [6, 6.07) is 3.35. The van der Waals surface area contributed by atoms with Gasteiger partial charge in [0.25, 0.3) is 5.91 Å². The number of carbonyl (C=O) groups is 2. The molecule has 0 saturated carbocycles. The van der Waals surface area contributed by atoms with Crippen molar-refractivity contribution in [3.63, 3.8) is 0 Å². The normalized spacial score (nSPS) is 21.0. The Morgan fingerprint density at radius 2 is 1.74 bits per heavy atom. The third kappa shape index (κ3) is 3.57.